The maximum Gasteiger partial charge on any atom is 0.319 e. The molecule has 0 spiro atoms. The van der Waals surface area contributed by atoms with Gasteiger partial charge in [0.25, 0.3) is 0 Å². The molecule has 7 heteroatoms. The largest absolute Gasteiger partial charge is 0.385 e. The first-order valence-electron chi connectivity index (χ1n) is 5.77. The quantitative estimate of drug-likeness (QED) is 0.771. The van der Waals surface area contributed by atoms with Crippen LogP contribution in [0.15, 0.2) is 29.2 Å². The van der Waals surface area contributed by atoms with Gasteiger partial charge in [0.05, 0.1) is 4.90 Å². The summed E-state index contributed by atoms with van der Waals surface area (Å²) in [5.41, 5.74) is 0.437. The van der Waals surface area contributed by atoms with Crippen molar-refractivity contribution in [3.63, 3.8) is 0 Å². The monoisotopic (exact) mass is 286 g/mol. The zero-order chi connectivity index (χ0) is 14.3. The summed E-state index contributed by atoms with van der Waals surface area (Å²) >= 11 is 0. The number of rotatable bonds is 6. The van der Waals surface area contributed by atoms with Crippen molar-refractivity contribution in [2.45, 2.75) is 11.3 Å². The molecule has 1 aromatic carbocycles. The van der Waals surface area contributed by atoms with Crippen LogP contribution in [0.2, 0.25) is 0 Å². The van der Waals surface area contributed by atoms with E-state index < -0.39 is 9.84 Å². The molecule has 0 fully saturated rings. The minimum Gasteiger partial charge on any atom is -0.385 e. The van der Waals surface area contributed by atoms with Crippen molar-refractivity contribution in [2.75, 3.05) is 31.8 Å². The van der Waals surface area contributed by atoms with E-state index in [4.69, 9.17) is 4.74 Å². The summed E-state index contributed by atoms with van der Waals surface area (Å²) in [5.74, 6) is 0. The number of hydrogen-bond donors (Lipinski definition) is 2. The van der Waals surface area contributed by atoms with Gasteiger partial charge in [0.2, 0.25) is 0 Å². The summed E-state index contributed by atoms with van der Waals surface area (Å²) in [7, 11) is -1.68. The normalized spacial score (nSPS) is 11.1. The lowest BCUT2D eigenvalue weighted by atomic mass is 10.3. The van der Waals surface area contributed by atoms with Crippen LogP contribution in [0.1, 0.15) is 6.42 Å². The highest BCUT2D eigenvalue weighted by molar-refractivity contribution is 7.90. The molecule has 0 saturated heterocycles. The maximum atomic E-state index is 11.5. The minimum atomic E-state index is -3.27. The standard InChI is InChI=1S/C12H18N2O4S/c1-18-8-4-7-13-12(15)14-10-5-3-6-11(9-10)19(2,16)17/h3,5-6,9H,4,7-8H2,1-2H3,(H2,13,14,15). The smallest absolute Gasteiger partial charge is 0.319 e. The van der Waals surface area contributed by atoms with Crippen LogP contribution in [0, 0.1) is 0 Å². The first kappa shape index (κ1) is 15.5. The second-order valence-electron chi connectivity index (χ2n) is 4.03. The van der Waals surface area contributed by atoms with Gasteiger partial charge in [-0.3, -0.25) is 0 Å². The Morgan fingerprint density at radius 2 is 2.11 bits per heavy atom. The molecule has 0 bridgehead atoms. The highest BCUT2D eigenvalue weighted by Crippen LogP contribution is 2.14. The van der Waals surface area contributed by atoms with Crippen molar-refractivity contribution in [3.05, 3.63) is 24.3 Å². The van der Waals surface area contributed by atoms with Crippen LogP contribution >= 0.6 is 0 Å². The highest BCUT2D eigenvalue weighted by atomic mass is 32.2. The molecule has 0 heterocycles. The summed E-state index contributed by atoms with van der Waals surface area (Å²) in [4.78, 5) is 11.7. The SMILES string of the molecule is COCCCNC(=O)Nc1cccc(S(C)(=O)=O)c1. The number of methoxy groups -OCH3 is 1. The molecule has 2 amide bonds. The fourth-order valence-corrected chi connectivity index (χ4v) is 2.07. The first-order valence-corrected chi connectivity index (χ1v) is 7.66. The van der Waals surface area contributed by atoms with E-state index >= 15 is 0 Å². The van der Waals surface area contributed by atoms with Gasteiger partial charge >= 0.3 is 6.03 Å². The van der Waals surface area contributed by atoms with Crippen molar-refractivity contribution in [2.24, 2.45) is 0 Å². The van der Waals surface area contributed by atoms with Crippen LogP contribution in [0.4, 0.5) is 10.5 Å². The van der Waals surface area contributed by atoms with Crippen molar-refractivity contribution < 1.29 is 17.9 Å². The molecule has 0 unspecified atom stereocenters. The van der Waals surface area contributed by atoms with E-state index in [1.807, 2.05) is 0 Å². The molecule has 2 N–H and O–H groups in total. The van der Waals surface area contributed by atoms with Gasteiger partial charge in [0, 0.05) is 32.2 Å². The number of sulfone groups is 1. The van der Waals surface area contributed by atoms with Gasteiger partial charge in [-0.05, 0) is 24.6 Å². The average Bonchev–Trinajstić information content (AvgIpc) is 2.34. The lowest BCUT2D eigenvalue weighted by molar-refractivity contribution is 0.194. The van der Waals surface area contributed by atoms with Crippen molar-refractivity contribution in [1.82, 2.24) is 5.32 Å². The molecule has 19 heavy (non-hydrogen) atoms. The Morgan fingerprint density at radius 1 is 1.37 bits per heavy atom. The number of carbonyl (C=O) groups excluding carboxylic acids is 1. The zero-order valence-corrected chi connectivity index (χ0v) is 11.8. The molecule has 0 atom stereocenters. The zero-order valence-electron chi connectivity index (χ0n) is 11.0. The minimum absolute atomic E-state index is 0.171. The number of carbonyl (C=O) groups is 1. The molecule has 0 radical (unpaired) electrons. The van der Waals surface area contributed by atoms with Crippen molar-refractivity contribution in [1.29, 1.82) is 0 Å². The van der Waals surface area contributed by atoms with Crippen molar-refractivity contribution >= 4 is 21.6 Å². The average molecular weight is 286 g/mol. The third kappa shape index (κ3) is 5.71. The van der Waals surface area contributed by atoms with Crippen LogP contribution in [0.3, 0.4) is 0 Å². The van der Waals surface area contributed by atoms with Gasteiger partial charge < -0.3 is 15.4 Å². The van der Waals surface area contributed by atoms with E-state index in [9.17, 15) is 13.2 Å². The van der Waals surface area contributed by atoms with Gasteiger partial charge in [0.1, 0.15) is 0 Å². The van der Waals surface area contributed by atoms with Gasteiger partial charge in [0.15, 0.2) is 9.84 Å². The van der Waals surface area contributed by atoms with Gasteiger partial charge in [-0.25, -0.2) is 13.2 Å². The van der Waals surface area contributed by atoms with Crippen molar-refractivity contribution in [3.8, 4) is 0 Å². The Hall–Kier alpha value is -1.60. The number of amides is 2. The van der Waals surface area contributed by atoms with E-state index in [0.717, 1.165) is 6.26 Å². The van der Waals surface area contributed by atoms with Crippen LogP contribution in [-0.2, 0) is 14.6 Å². The van der Waals surface area contributed by atoms with Gasteiger partial charge in [-0.15, -0.1) is 0 Å². The molecular weight excluding hydrogens is 268 g/mol. The first-order chi connectivity index (χ1) is 8.93. The topological polar surface area (TPSA) is 84.5 Å². The van der Waals surface area contributed by atoms with Crippen LogP contribution < -0.4 is 10.6 Å². The van der Waals surface area contributed by atoms with E-state index in [1.165, 1.54) is 12.1 Å². The number of anilines is 1. The molecule has 106 valence electrons. The Morgan fingerprint density at radius 3 is 2.74 bits per heavy atom. The third-order valence-corrected chi connectivity index (χ3v) is 3.44. The molecule has 0 aliphatic heterocycles. The lowest BCUT2D eigenvalue weighted by Crippen LogP contribution is -2.30. The van der Waals surface area contributed by atoms with Crippen LogP contribution in [0.5, 0.6) is 0 Å². The fraction of sp³-hybridized carbons (Fsp3) is 0.417. The number of urea groups is 1. The Balaban J connectivity index is 2.55. The Bertz CT molecular complexity index is 528. The molecule has 0 aromatic heterocycles. The molecule has 1 rings (SSSR count). The summed E-state index contributed by atoms with van der Waals surface area (Å²) in [6.07, 6.45) is 1.84. The summed E-state index contributed by atoms with van der Waals surface area (Å²) in [6, 6.07) is 5.74. The number of hydrogen-bond acceptors (Lipinski definition) is 4. The molecule has 6 nitrogen and oxygen atoms in total. The van der Waals surface area contributed by atoms with Gasteiger partial charge in [-0.1, -0.05) is 6.07 Å². The Labute approximate surface area is 113 Å². The third-order valence-electron chi connectivity index (χ3n) is 2.33. The number of ether oxygens (including phenoxy) is 1. The molecule has 1 aromatic rings. The van der Waals surface area contributed by atoms with Crippen LogP contribution in [-0.4, -0.2) is 41.0 Å². The highest BCUT2D eigenvalue weighted by Gasteiger charge is 2.08. The van der Waals surface area contributed by atoms with Crippen LogP contribution in [0.25, 0.3) is 0 Å². The summed E-state index contributed by atoms with van der Waals surface area (Å²) < 4.78 is 27.6. The molecular formula is C12H18N2O4S. The molecule has 0 aliphatic carbocycles. The fourth-order valence-electron chi connectivity index (χ4n) is 1.40. The number of nitrogens with one attached hydrogen (secondary N) is 2. The number of benzene rings is 1. The second-order valence-corrected chi connectivity index (χ2v) is 6.04. The summed E-state index contributed by atoms with van der Waals surface area (Å²) in [5, 5.41) is 5.22. The Kier molecular flexibility index (Phi) is 5.78. The van der Waals surface area contributed by atoms with E-state index in [-0.39, 0.29) is 10.9 Å². The predicted octanol–water partition coefficient (Wildman–Crippen LogP) is 1.25. The van der Waals surface area contributed by atoms with E-state index in [0.29, 0.717) is 25.3 Å². The molecule has 0 saturated carbocycles. The van der Waals surface area contributed by atoms with E-state index in [1.54, 1.807) is 19.2 Å². The van der Waals surface area contributed by atoms with Gasteiger partial charge in [-0.2, -0.15) is 0 Å². The maximum absolute atomic E-state index is 11.5. The predicted molar refractivity (Wildman–Crippen MR) is 73.1 cm³/mol. The lowest BCUT2D eigenvalue weighted by Gasteiger charge is -2.08. The van der Waals surface area contributed by atoms with E-state index in [2.05, 4.69) is 10.6 Å². The second kappa shape index (κ2) is 7.10. The summed E-state index contributed by atoms with van der Waals surface area (Å²) in [6.45, 7) is 1.06. The molecule has 0 aliphatic rings.